The molecule has 5 nitrogen and oxygen atoms in total. The van der Waals surface area contributed by atoms with Gasteiger partial charge < -0.3 is 10.6 Å². The van der Waals surface area contributed by atoms with E-state index in [1.165, 1.54) is 32.1 Å². The number of H-pyrrole nitrogens is 1. The normalized spacial score (nSPS) is 25.2. The lowest BCUT2D eigenvalue weighted by Crippen LogP contribution is -2.47. The number of hydrogen-bond acceptors (Lipinski definition) is 3. The zero-order chi connectivity index (χ0) is 15.6. The summed E-state index contributed by atoms with van der Waals surface area (Å²) < 4.78 is 0. The highest BCUT2D eigenvalue weighted by molar-refractivity contribution is 5.98. The average Bonchev–Trinajstić information content (AvgIpc) is 3.00. The van der Waals surface area contributed by atoms with Gasteiger partial charge in [-0.1, -0.05) is 6.42 Å². The van der Waals surface area contributed by atoms with Gasteiger partial charge in [0.2, 0.25) is 0 Å². The monoisotopic (exact) mass is 312 g/mol. The third kappa shape index (κ3) is 3.24. The van der Waals surface area contributed by atoms with E-state index < -0.39 is 0 Å². The maximum Gasteiger partial charge on any atom is 0.251 e. The fourth-order valence-corrected chi connectivity index (χ4v) is 3.67. The molecule has 0 unspecified atom stereocenters. The van der Waals surface area contributed by atoms with Crippen molar-refractivity contribution < 1.29 is 4.79 Å². The summed E-state index contributed by atoms with van der Waals surface area (Å²) >= 11 is 0. The van der Waals surface area contributed by atoms with Gasteiger partial charge in [0.25, 0.3) is 5.91 Å². The summed E-state index contributed by atoms with van der Waals surface area (Å²) in [5.74, 6) is 0.0310. The van der Waals surface area contributed by atoms with Crippen molar-refractivity contribution in [2.24, 2.45) is 0 Å². The largest absolute Gasteiger partial charge is 0.349 e. The first-order valence-corrected chi connectivity index (χ1v) is 8.78. The van der Waals surface area contributed by atoms with E-state index in [0.717, 1.165) is 29.8 Å². The molecule has 0 radical (unpaired) electrons. The number of rotatable bonds is 4. The van der Waals surface area contributed by atoms with Crippen LogP contribution in [0.5, 0.6) is 0 Å². The first kappa shape index (κ1) is 14.7. The van der Waals surface area contributed by atoms with Crippen molar-refractivity contribution in [3.8, 4) is 0 Å². The van der Waals surface area contributed by atoms with Gasteiger partial charge in [-0.2, -0.15) is 5.10 Å². The topological polar surface area (TPSA) is 69.8 Å². The minimum absolute atomic E-state index is 0.0310. The Balaban J connectivity index is 1.30. The quantitative estimate of drug-likeness (QED) is 0.813. The fourth-order valence-electron chi connectivity index (χ4n) is 3.67. The number of amides is 1. The van der Waals surface area contributed by atoms with Crippen molar-refractivity contribution in [1.82, 2.24) is 20.8 Å². The van der Waals surface area contributed by atoms with Crippen molar-refractivity contribution in [3.05, 3.63) is 30.0 Å². The van der Waals surface area contributed by atoms with E-state index in [1.54, 1.807) is 6.20 Å². The average molecular weight is 312 g/mol. The maximum absolute atomic E-state index is 12.4. The van der Waals surface area contributed by atoms with Crippen LogP contribution in [0.3, 0.4) is 0 Å². The fraction of sp³-hybridized carbons (Fsp3) is 0.556. The molecular formula is C18H24N4O. The number of aromatic amines is 1. The molecule has 2 fully saturated rings. The van der Waals surface area contributed by atoms with Crippen molar-refractivity contribution in [2.75, 3.05) is 0 Å². The zero-order valence-electron chi connectivity index (χ0n) is 13.3. The van der Waals surface area contributed by atoms with Crippen LogP contribution in [0.25, 0.3) is 10.9 Å². The van der Waals surface area contributed by atoms with E-state index in [0.29, 0.717) is 17.6 Å². The molecule has 2 aliphatic carbocycles. The number of aromatic nitrogens is 2. The Morgan fingerprint density at radius 3 is 2.52 bits per heavy atom. The Bertz CT molecular complexity index is 683. The Morgan fingerprint density at radius 1 is 1.04 bits per heavy atom. The van der Waals surface area contributed by atoms with Gasteiger partial charge >= 0.3 is 0 Å². The van der Waals surface area contributed by atoms with Crippen molar-refractivity contribution in [3.63, 3.8) is 0 Å². The summed E-state index contributed by atoms with van der Waals surface area (Å²) in [5.41, 5.74) is 1.68. The maximum atomic E-state index is 12.4. The molecule has 4 rings (SSSR count). The summed E-state index contributed by atoms with van der Waals surface area (Å²) in [6.07, 6.45) is 10.3. The highest BCUT2D eigenvalue weighted by Crippen LogP contribution is 2.24. The molecule has 23 heavy (non-hydrogen) atoms. The van der Waals surface area contributed by atoms with Gasteiger partial charge in [-0.15, -0.1) is 0 Å². The van der Waals surface area contributed by atoms with Crippen LogP contribution in [0, 0.1) is 0 Å². The van der Waals surface area contributed by atoms with Gasteiger partial charge in [0.1, 0.15) is 0 Å². The lowest BCUT2D eigenvalue weighted by molar-refractivity contribution is 0.0922. The molecule has 1 aromatic carbocycles. The van der Waals surface area contributed by atoms with Gasteiger partial charge in [-0.05, 0) is 56.7 Å². The zero-order valence-corrected chi connectivity index (χ0v) is 13.3. The van der Waals surface area contributed by atoms with E-state index in [9.17, 15) is 4.79 Å². The van der Waals surface area contributed by atoms with Gasteiger partial charge in [0.05, 0.1) is 11.7 Å². The van der Waals surface area contributed by atoms with Crippen molar-refractivity contribution >= 4 is 16.8 Å². The van der Waals surface area contributed by atoms with E-state index in [1.807, 2.05) is 18.2 Å². The molecule has 0 atom stereocenters. The number of carbonyl (C=O) groups is 1. The molecule has 2 saturated carbocycles. The second kappa shape index (κ2) is 6.32. The van der Waals surface area contributed by atoms with Gasteiger partial charge in [-0.3, -0.25) is 9.89 Å². The SMILES string of the molecule is O=C(NC1CCC(NC2CCC2)CC1)c1ccc2[nH]ncc2c1. The van der Waals surface area contributed by atoms with E-state index in [2.05, 4.69) is 20.8 Å². The molecule has 1 amide bonds. The van der Waals surface area contributed by atoms with Crippen molar-refractivity contribution in [2.45, 2.75) is 63.1 Å². The molecule has 0 spiro atoms. The Kier molecular flexibility index (Phi) is 4.04. The van der Waals surface area contributed by atoms with Crippen LogP contribution in [-0.4, -0.2) is 34.2 Å². The summed E-state index contributed by atoms with van der Waals surface area (Å²) in [4.78, 5) is 12.4. The van der Waals surface area contributed by atoms with Crippen LogP contribution in [0.4, 0.5) is 0 Å². The summed E-state index contributed by atoms with van der Waals surface area (Å²) in [7, 11) is 0. The van der Waals surface area contributed by atoms with Crippen LogP contribution < -0.4 is 10.6 Å². The smallest absolute Gasteiger partial charge is 0.251 e. The number of nitrogens with one attached hydrogen (secondary N) is 3. The molecule has 0 aliphatic heterocycles. The van der Waals surface area contributed by atoms with Crippen LogP contribution in [0.15, 0.2) is 24.4 Å². The second-order valence-electron chi connectivity index (χ2n) is 6.99. The highest BCUT2D eigenvalue weighted by Gasteiger charge is 2.26. The minimum atomic E-state index is 0.0310. The molecule has 3 N–H and O–H groups in total. The predicted molar refractivity (Wildman–Crippen MR) is 90.4 cm³/mol. The highest BCUT2D eigenvalue weighted by atomic mass is 16.1. The summed E-state index contributed by atoms with van der Waals surface area (Å²) in [6.45, 7) is 0. The first-order chi connectivity index (χ1) is 11.3. The van der Waals surface area contributed by atoms with Gasteiger partial charge in [0.15, 0.2) is 0 Å². The third-order valence-electron chi connectivity index (χ3n) is 5.34. The van der Waals surface area contributed by atoms with Gasteiger partial charge in [0, 0.05) is 29.1 Å². The Hall–Kier alpha value is -1.88. The molecule has 1 heterocycles. The van der Waals surface area contributed by atoms with Gasteiger partial charge in [-0.25, -0.2) is 0 Å². The molecule has 122 valence electrons. The van der Waals surface area contributed by atoms with E-state index in [4.69, 9.17) is 0 Å². The van der Waals surface area contributed by atoms with Crippen molar-refractivity contribution in [1.29, 1.82) is 0 Å². The standard InChI is InChI=1S/C18H24N4O/c23-18(12-4-9-17-13(10-12)11-19-22-17)21-16-7-5-15(6-8-16)20-14-2-1-3-14/h4,9-11,14-16,20H,1-3,5-8H2,(H,19,22)(H,21,23). The predicted octanol–water partition coefficient (Wildman–Crippen LogP) is 2.75. The van der Waals surface area contributed by atoms with Crippen LogP contribution in [0.2, 0.25) is 0 Å². The van der Waals surface area contributed by atoms with E-state index in [-0.39, 0.29) is 5.91 Å². The van der Waals surface area contributed by atoms with Crippen LogP contribution in [-0.2, 0) is 0 Å². The van der Waals surface area contributed by atoms with Crippen LogP contribution in [0.1, 0.15) is 55.3 Å². The lowest BCUT2D eigenvalue weighted by Gasteiger charge is -2.35. The molecule has 0 bridgehead atoms. The summed E-state index contributed by atoms with van der Waals surface area (Å²) in [5, 5.41) is 14.8. The Labute approximate surface area is 136 Å². The van der Waals surface area contributed by atoms with Crippen LogP contribution >= 0.6 is 0 Å². The first-order valence-electron chi connectivity index (χ1n) is 8.78. The molecule has 1 aromatic heterocycles. The summed E-state index contributed by atoms with van der Waals surface area (Å²) in [6, 6.07) is 7.39. The number of carbonyl (C=O) groups excluding carboxylic acids is 1. The number of nitrogens with zero attached hydrogens (tertiary/aromatic N) is 1. The molecule has 2 aromatic rings. The number of fused-ring (bicyclic) bond motifs is 1. The van der Waals surface area contributed by atoms with E-state index >= 15 is 0 Å². The molecule has 5 heteroatoms. The molecular weight excluding hydrogens is 288 g/mol. The second-order valence-corrected chi connectivity index (χ2v) is 6.99. The Morgan fingerprint density at radius 2 is 1.78 bits per heavy atom. The molecule has 2 aliphatic rings. The number of benzene rings is 1. The minimum Gasteiger partial charge on any atom is -0.349 e. The molecule has 0 saturated heterocycles. The third-order valence-corrected chi connectivity index (χ3v) is 5.34. The lowest BCUT2D eigenvalue weighted by atomic mass is 9.87. The number of hydrogen-bond donors (Lipinski definition) is 3.